The number of carbonyl (C=O) groups excluding carboxylic acids is 3. The van der Waals surface area contributed by atoms with Gasteiger partial charge in [-0.2, -0.15) is 0 Å². The fraction of sp³-hybridized carbons (Fsp3) is 0.550. The van der Waals surface area contributed by atoms with E-state index in [4.69, 9.17) is 5.73 Å². The quantitative estimate of drug-likeness (QED) is 0.641. The van der Waals surface area contributed by atoms with E-state index < -0.39 is 17.8 Å². The van der Waals surface area contributed by atoms with Crippen molar-refractivity contribution in [1.82, 2.24) is 15.5 Å². The topological polar surface area (TPSA) is 105 Å². The SMILES string of the molecule is CC(C)C(NC(=O)c1ccccc1F)C(=O)N1CCCC(C(=O)NCCN)C1. The molecule has 0 saturated carbocycles. The standard InChI is InChI=1S/C20H29FN4O3/c1-13(2)17(24-19(27)15-7-3-4-8-16(15)21)20(28)25-11-5-6-14(12-25)18(26)23-10-9-22/h3-4,7-8,13-14,17H,5-6,9-12,22H2,1-2H3,(H,23,26)(H,24,27). The summed E-state index contributed by atoms with van der Waals surface area (Å²) in [4.78, 5) is 39.3. The third kappa shape index (κ3) is 5.51. The van der Waals surface area contributed by atoms with Gasteiger partial charge in [0.1, 0.15) is 11.9 Å². The summed E-state index contributed by atoms with van der Waals surface area (Å²) >= 11 is 0. The zero-order valence-electron chi connectivity index (χ0n) is 16.4. The van der Waals surface area contributed by atoms with Gasteiger partial charge in [-0.15, -0.1) is 0 Å². The van der Waals surface area contributed by atoms with E-state index in [1.54, 1.807) is 11.0 Å². The lowest BCUT2D eigenvalue weighted by Gasteiger charge is -2.35. The molecule has 1 saturated heterocycles. The Morgan fingerprint density at radius 1 is 1.29 bits per heavy atom. The second kappa shape index (κ2) is 10.2. The molecule has 0 aliphatic carbocycles. The molecular weight excluding hydrogens is 363 g/mol. The van der Waals surface area contributed by atoms with Gasteiger partial charge < -0.3 is 21.3 Å². The summed E-state index contributed by atoms with van der Waals surface area (Å²) < 4.78 is 13.9. The lowest BCUT2D eigenvalue weighted by Crippen LogP contribution is -2.54. The summed E-state index contributed by atoms with van der Waals surface area (Å²) in [7, 11) is 0. The van der Waals surface area contributed by atoms with Crippen molar-refractivity contribution in [2.75, 3.05) is 26.2 Å². The Morgan fingerprint density at radius 3 is 2.64 bits per heavy atom. The van der Waals surface area contributed by atoms with E-state index in [0.29, 0.717) is 39.0 Å². The van der Waals surface area contributed by atoms with E-state index in [-0.39, 0.29) is 29.2 Å². The second-order valence-electron chi connectivity index (χ2n) is 7.38. The van der Waals surface area contributed by atoms with E-state index in [1.807, 2.05) is 13.8 Å². The largest absolute Gasteiger partial charge is 0.355 e. The number of benzene rings is 1. The third-order valence-electron chi connectivity index (χ3n) is 4.89. The average Bonchev–Trinajstić information content (AvgIpc) is 2.69. The second-order valence-corrected chi connectivity index (χ2v) is 7.38. The normalized spacial score (nSPS) is 17.9. The Kier molecular flexibility index (Phi) is 7.92. The monoisotopic (exact) mass is 392 g/mol. The Balaban J connectivity index is 2.06. The van der Waals surface area contributed by atoms with Crippen molar-refractivity contribution in [1.29, 1.82) is 0 Å². The number of halogens is 1. The van der Waals surface area contributed by atoms with Gasteiger partial charge in [-0.05, 0) is 30.9 Å². The van der Waals surface area contributed by atoms with Crippen LogP contribution in [0.1, 0.15) is 37.0 Å². The Hall–Kier alpha value is -2.48. The van der Waals surface area contributed by atoms with Gasteiger partial charge in [0.15, 0.2) is 0 Å². The lowest BCUT2D eigenvalue weighted by molar-refractivity contribution is -0.138. The van der Waals surface area contributed by atoms with Crippen LogP contribution < -0.4 is 16.4 Å². The maximum Gasteiger partial charge on any atom is 0.254 e. The summed E-state index contributed by atoms with van der Waals surface area (Å²) in [6.45, 7) is 5.22. The number of nitrogens with one attached hydrogen (secondary N) is 2. The number of nitrogens with zero attached hydrogens (tertiary/aromatic N) is 1. The van der Waals surface area contributed by atoms with Crippen LogP contribution in [0.4, 0.5) is 4.39 Å². The third-order valence-corrected chi connectivity index (χ3v) is 4.89. The molecule has 8 heteroatoms. The van der Waals surface area contributed by atoms with Crippen LogP contribution in [0.15, 0.2) is 24.3 Å². The van der Waals surface area contributed by atoms with Crippen molar-refractivity contribution >= 4 is 17.7 Å². The number of hydrogen-bond donors (Lipinski definition) is 3. The van der Waals surface area contributed by atoms with Crippen LogP contribution in [0.5, 0.6) is 0 Å². The van der Waals surface area contributed by atoms with E-state index >= 15 is 0 Å². The predicted molar refractivity (Wildman–Crippen MR) is 104 cm³/mol. The van der Waals surface area contributed by atoms with Gasteiger partial charge >= 0.3 is 0 Å². The van der Waals surface area contributed by atoms with Crippen molar-refractivity contribution < 1.29 is 18.8 Å². The fourth-order valence-corrected chi connectivity index (χ4v) is 3.31. The first-order valence-corrected chi connectivity index (χ1v) is 9.67. The summed E-state index contributed by atoms with van der Waals surface area (Å²) in [6, 6.07) is 4.86. The zero-order valence-corrected chi connectivity index (χ0v) is 16.4. The van der Waals surface area contributed by atoms with E-state index in [1.165, 1.54) is 18.2 Å². The minimum absolute atomic E-state index is 0.0985. The molecular formula is C20H29FN4O3. The van der Waals surface area contributed by atoms with Crippen LogP contribution in [-0.4, -0.2) is 54.8 Å². The van der Waals surface area contributed by atoms with Gasteiger partial charge in [0.25, 0.3) is 5.91 Å². The Labute approximate surface area is 164 Å². The first kappa shape index (κ1) is 21.8. The fourth-order valence-electron chi connectivity index (χ4n) is 3.31. The summed E-state index contributed by atoms with van der Waals surface area (Å²) in [6.07, 6.45) is 1.41. The molecule has 2 unspecified atom stereocenters. The molecule has 1 aromatic rings. The van der Waals surface area contributed by atoms with Crippen LogP contribution in [0.2, 0.25) is 0 Å². The van der Waals surface area contributed by atoms with Crippen LogP contribution in [-0.2, 0) is 9.59 Å². The van der Waals surface area contributed by atoms with Crippen LogP contribution in [0.25, 0.3) is 0 Å². The van der Waals surface area contributed by atoms with Gasteiger partial charge in [-0.3, -0.25) is 14.4 Å². The molecule has 154 valence electrons. The molecule has 0 spiro atoms. The number of likely N-dealkylation sites (tertiary alicyclic amines) is 1. The summed E-state index contributed by atoms with van der Waals surface area (Å²) in [5.74, 6) is -2.10. The molecule has 1 fully saturated rings. The van der Waals surface area contributed by atoms with E-state index in [9.17, 15) is 18.8 Å². The molecule has 0 bridgehead atoms. The molecule has 28 heavy (non-hydrogen) atoms. The number of piperidine rings is 1. The van der Waals surface area contributed by atoms with E-state index in [2.05, 4.69) is 10.6 Å². The van der Waals surface area contributed by atoms with Gasteiger partial charge in [-0.1, -0.05) is 26.0 Å². The predicted octanol–water partition coefficient (Wildman–Crippen LogP) is 0.894. The number of rotatable bonds is 7. The Morgan fingerprint density at radius 2 is 2.00 bits per heavy atom. The molecule has 1 aromatic carbocycles. The zero-order chi connectivity index (χ0) is 20.7. The van der Waals surface area contributed by atoms with Gasteiger partial charge in [0.05, 0.1) is 11.5 Å². The van der Waals surface area contributed by atoms with Crippen LogP contribution in [0.3, 0.4) is 0 Å². The number of carbonyl (C=O) groups is 3. The van der Waals surface area contributed by atoms with Crippen LogP contribution in [0, 0.1) is 17.7 Å². The molecule has 4 N–H and O–H groups in total. The highest BCUT2D eigenvalue weighted by Crippen LogP contribution is 2.19. The van der Waals surface area contributed by atoms with E-state index in [0.717, 1.165) is 0 Å². The first-order valence-electron chi connectivity index (χ1n) is 9.67. The summed E-state index contributed by atoms with van der Waals surface area (Å²) in [5.41, 5.74) is 5.32. The molecule has 2 atom stereocenters. The van der Waals surface area contributed by atoms with Crippen LogP contribution >= 0.6 is 0 Å². The molecule has 3 amide bonds. The molecule has 1 aliphatic heterocycles. The summed E-state index contributed by atoms with van der Waals surface area (Å²) in [5, 5.41) is 5.42. The minimum atomic E-state index is -0.794. The van der Waals surface area contributed by atoms with Crippen molar-refractivity contribution in [2.24, 2.45) is 17.6 Å². The molecule has 7 nitrogen and oxygen atoms in total. The van der Waals surface area contributed by atoms with Gasteiger partial charge in [0, 0.05) is 26.2 Å². The molecule has 0 aromatic heterocycles. The van der Waals surface area contributed by atoms with Gasteiger partial charge in [-0.25, -0.2) is 4.39 Å². The molecule has 1 heterocycles. The number of amides is 3. The highest BCUT2D eigenvalue weighted by Gasteiger charge is 2.34. The van der Waals surface area contributed by atoms with Crippen molar-refractivity contribution in [3.63, 3.8) is 0 Å². The van der Waals surface area contributed by atoms with Crippen molar-refractivity contribution in [3.05, 3.63) is 35.6 Å². The smallest absolute Gasteiger partial charge is 0.254 e. The lowest BCUT2D eigenvalue weighted by atomic mass is 9.94. The molecule has 0 radical (unpaired) electrons. The maximum atomic E-state index is 13.9. The average molecular weight is 392 g/mol. The number of hydrogen-bond acceptors (Lipinski definition) is 4. The maximum absolute atomic E-state index is 13.9. The highest BCUT2D eigenvalue weighted by molar-refractivity contribution is 5.98. The number of nitrogens with two attached hydrogens (primary N) is 1. The first-order chi connectivity index (χ1) is 13.3. The Bertz CT molecular complexity index is 710. The van der Waals surface area contributed by atoms with Crippen molar-refractivity contribution in [2.45, 2.75) is 32.7 Å². The highest BCUT2D eigenvalue weighted by atomic mass is 19.1. The minimum Gasteiger partial charge on any atom is -0.355 e. The molecule has 2 rings (SSSR count). The molecule has 1 aliphatic rings. The van der Waals surface area contributed by atoms with Crippen molar-refractivity contribution in [3.8, 4) is 0 Å². The van der Waals surface area contributed by atoms with Gasteiger partial charge in [0.2, 0.25) is 11.8 Å².